The van der Waals surface area contributed by atoms with Crippen LogP contribution < -0.4 is 17.0 Å². The van der Waals surface area contributed by atoms with Gasteiger partial charge in [0.15, 0.2) is 35.1 Å². The standard InChI is InChI=1S/C21H27N10O10P/c1-2-37-8-3-10(30-6-26-11-15(22)24-5-25-16(11)30)39-9(8)4-38-42(35,36)41-14-13(32)20(34)40-19(14)31-7-27-12-17(31)28-21(23)29-18(12)33/h5-10,13-14,19-20,32,34H,2-4H2,1H3,(H,35,36)(H2,22,24,25)(H3,23,28,29,33)/t8-,9?,10-,13?,14?,19?,20?/m1/s1. The molecule has 6 rings (SSSR count). The number of aliphatic hydroxyl groups is 2. The molecule has 2 saturated heterocycles. The molecule has 2 aliphatic heterocycles. The lowest BCUT2D eigenvalue weighted by molar-refractivity contribution is -0.141. The number of nitrogen functional groups attached to an aromatic ring is 2. The number of phosphoric ester groups is 1. The van der Waals surface area contributed by atoms with Gasteiger partial charge in [0.1, 0.15) is 36.4 Å². The van der Waals surface area contributed by atoms with Crippen LogP contribution in [0, 0.1) is 0 Å². The van der Waals surface area contributed by atoms with E-state index in [2.05, 4.69) is 29.9 Å². The molecule has 2 aliphatic rings. The molecular weight excluding hydrogens is 583 g/mol. The number of aliphatic hydroxyl groups excluding tert-OH is 2. The fraction of sp³-hybridized carbons (Fsp3) is 0.524. The first-order chi connectivity index (χ1) is 20.1. The zero-order valence-corrected chi connectivity index (χ0v) is 22.7. The summed E-state index contributed by atoms with van der Waals surface area (Å²) >= 11 is 0. The summed E-state index contributed by atoms with van der Waals surface area (Å²) in [4.78, 5) is 45.4. The van der Waals surface area contributed by atoms with Gasteiger partial charge < -0.3 is 40.8 Å². The van der Waals surface area contributed by atoms with Gasteiger partial charge in [0, 0.05) is 13.0 Å². The minimum atomic E-state index is -4.94. The quantitative estimate of drug-likeness (QED) is 0.118. The van der Waals surface area contributed by atoms with E-state index in [1.165, 1.54) is 12.7 Å². The largest absolute Gasteiger partial charge is 0.472 e. The number of nitrogens with zero attached hydrogens (tertiary/aromatic N) is 7. The normalized spacial score (nSPS) is 29.5. The Morgan fingerprint density at radius 1 is 1.12 bits per heavy atom. The fourth-order valence-corrected chi connectivity index (χ4v) is 5.88. The van der Waals surface area contributed by atoms with E-state index in [1.807, 2.05) is 0 Å². The lowest BCUT2D eigenvalue weighted by atomic mass is 10.2. The third kappa shape index (κ3) is 5.12. The first kappa shape index (κ1) is 28.5. The summed E-state index contributed by atoms with van der Waals surface area (Å²) in [6.45, 7) is 1.67. The van der Waals surface area contributed by atoms with E-state index in [-0.39, 0.29) is 22.9 Å². The molecule has 6 heterocycles. The summed E-state index contributed by atoms with van der Waals surface area (Å²) in [5, 5.41) is 20.7. The summed E-state index contributed by atoms with van der Waals surface area (Å²) in [6.07, 6.45) is -4.43. The first-order valence-corrected chi connectivity index (χ1v) is 14.2. The van der Waals surface area contributed by atoms with E-state index in [4.69, 9.17) is 34.7 Å². The molecule has 8 N–H and O–H groups in total. The highest BCUT2D eigenvalue weighted by Crippen LogP contribution is 2.50. The summed E-state index contributed by atoms with van der Waals surface area (Å²) in [5.41, 5.74) is 11.5. The molecule has 20 nitrogen and oxygen atoms in total. The van der Waals surface area contributed by atoms with Crippen LogP contribution in [0.5, 0.6) is 0 Å². The highest BCUT2D eigenvalue weighted by atomic mass is 31.2. The minimum absolute atomic E-state index is 0.0751. The van der Waals surface area contributed by atoms with Gasteiger partial charge in [-0.2, -0.15) is 4.98 Å². The van der Waals surface area contributed by atoms with Crippen molar-refractivity contribution in [2.75, 3.05) is 24.7 Å². The van der Waals surface area contributed by atoms with Crippen molar-refractivity contribution in [2.45, 2.75) is 56.5 Å². The van der Waals surface area contributed by atoms with Crippen molar-refractivity contribution >= 4 is 41.9 Å². The number of nitrogens with one attached hydrogen (secondary N) is 1. The number of rotatable bonds is 9. The molecule has 0 amide bonds. The SMILES string of the molecule is CCO[C@@H]1C[C@H](n2cnc3c(N)ncnc32)OC1COP(=O)(O)OC1C(O)C(O)OC1n1cnc2c(=O)[nH]c(N)nc21. The molecule has 0 bridgehead atoms. The van der Waals surface area contributed by atoms with Crippen molar-refractivity contribution in [3.8, 4) is 0 Å². The van der Waals surface area contributed by atoms with Crippen LogP contribution >= 0.6 is 7.82 Å². The van der Waals surface area contributed by atoms with Crippen molar-refractivity contribution in [3.05, 3.63) is 29.3 Å². The molecule has 0 radical (unpaired) electrons. The van der Waals surface area contributed by atoms with Crippen LogP contribution in [0.15, 0.2) is 23.8 Å². The predicted octanol–water partition coefficient (Wildman–Crippen LogP) is -1.47. The average Bonchev–Trinajstić information content (AvgIpc) is 3.70. The van der Waals surface area contributed by atoms with E-state index in [9.17, 15) is 24.5 Å². The molecule has 6 unspecified atom stereocenters. The molecule has 0 aromatic carbocycles. The number of fused-ring (bicyclic) bond motifs is 2. The number of ether oxygens (including phenoxy) is 3. The Morgan fingerprint density at radius 3 is 2.67 bits per heavy atom. The Morgan fingerprint density at radius 2 is 1.88 bits per heavy atom. The van der Waals surface area contributed by atoms with Crippen LogP contribution in [0.1, 0.15) is 25.8 Å². The number of H-pyrrole nitrogens is 1. The number of aromatic amines is 1. The molecule has 4 aromatic rings. The van der Waals surface area contributed by atoms with E-state index in [0.29, 0.717) is 24.2 Å². The Kier molecular flexibility index (Phi) is 7.41. The van der Waals surface area contributed by atoms with Crippen LogP contribution in [-0.4, -0.2) is 98.1 Å². The second kappa shape index (κ2) is 10.9. The number of anilines is 2. The highest BCUT2D eigenvalue weighted by molar-refractivity contribution is 7.47. The van der Waals surface area contributed by atoms with Gasteiger partial charge >= 0.3 is 7.82 Å². The maximum atomic E-state index is 13.1. The second-order valence-corrected chi connectivity index (χ2v) is 10.9. The van der Waals surface area contributed by atoms with E-state index < -0.39 is 63.2 Å². The number of hydrogen-bond donors (Lipinski definition) is 6. The zero-order valence-electron chi connectivity index (χ0n) is 21.8. The topological polar surface area (TPSA) is 283 Å². The number of phosphoric acid groups is 1. The molecule has 21 heteroatoms. The van der Waals surface area contributed by atoms with Gasteiger partial charge in [0.2, 0.25) is 5.95 Å². The number of imidazole rings is 2. The highest BCUT2D eigenvalue weighted by Gasteiger charge is 2.49. The smallest absolute Gasteiger partial charge is 0.385 e. The van der Waals surface area contributed by atoms with Crippen LogP contribution in [-0.2, 0) is 27.8 Å². The van der Waals surface area contributed by atoms with E-state index >= 15 is 0 Å². The van der Waals surface area contributed by atoms with Crippen molar-refractivity contribution < 1.29 is 42.9 Å². The zero-order chi connectivity index (χ0) is 29.8. The maximum Gasteiger partial charge on any atom is 0.472 e. The van der Waals surface area contributed by atoms with Crippen molar-refractivity contribution in [3.63, 3.8) is 0 Å². The molecule has 0 spiro atoms. The van der Waals surface area contributed by atoms with Crippen molar-refractivity contribution in [1.29, 1.82) is 0 Å². The molecule has 226 valence electrons. The van der Waals surface area contributed by atoms with Gasteiger partial charge in [-0.3, -0.25) is 28.0 Å². The summed E-state index contributed by atoms with van der Waals surface area (Å²) in [5.74, 6) is -0.0344. The molecular formula is C21H27N10O10P. The van der Waals surface area contributed by atoms with E-state index in [0.717, 1.165) is 10.9 Å². The lowest BCUT2D eigenvalue weighted by Crippen LogP contribution is -2.34. The summed E-state index contributed by atoms with van der Waals surface area (Å²) in [7, 11) is -4.94. The van der Waals surface area contributed by atoms with Gasteiger partial charge in [-0.15, -0.1) is 0 Å². The second-order valence-electron chi connectivity index (χ2n) is 9.46. The molecule has 4 aromatic heterocycles. The fourth-order valence-electron chi connectivity index (χ4n) is 4.94. The van der Waals surface area contributed by atoms with Gasteiger partial charge in [-0.1, -0.05) is 0 Å². The van der Waals surface area contributed by atoms with Gasteiger partial charge in [-0.05, 0) is 6.92 Å². The lowest BCUT2D eigenvalue weighted by Gasteiger charge is -2.25. The monoisotopic (exact) mass is 610 g/mol. The molecule has 8 atom stereocenters. The van der Waals surface area contributed by atoms with Crippen LogP contribution in [0.3, 0.4) is 0 Å². The van der Waals surface area contributed by atoms with Gasteiger partial charge in [0.05, 0.1) is 25.4 Å². The Hall–Kier alpha value is -3.59. The molecule has 42 heavy (non-hydrogen) atoms. The Bertz CT molecular complexity index is 1710. The third-order valence-corrected chi connectivity index (χ3v) is 7.81. The van der Waals surface area contributed by atoms with Crippen molar-refractivity contribution in [1.82, 2.24) is 39.0 Å². The third-order valence-electron chi connectivity index (χ3n) is 6.83. The average molecular weight is 610 g/mol. The van der Waals surface area contributed by atoms with Gasteiger partial charge in [-0.25, -0.2) is 24.5 Å². The number of aromatic nitrogens is 8. The maximum absolute atomic E-state index is 13.1. The molecule has 2 fully saturated rings. The number of nitrogens with two attached hydrogens (primary N) is 2. The summed E-state index contributed by atoms with van der Waals surface area (Å²) < 4.78 is 43.6. The minimum Gasteiger partial charge on any atom is -0.385 e. The van der Waals surface area contributed by atoms with Crippen LogP contribution in [0.4, 0.5) is 11.8 Å². The number of hydrogen-bond acceptors (Lipinski definition) is 16. The predicted molar refractivity (Wildman–Crippen MR) is 139 cm³/mol. The van der Waals surface area contributed by atoms with Crippen LogP contribution in [0.2, 0.25) is 0 Å². The Labute approximate surface area is 234 Å². The van der Waals surface area contributed by atoms with E-state index in [1.54, 1.807) is 11.5 Å². The van der Waals surface area contributed by atoms with Gasteiger partial charge in [0.25, 0.3) is 5.56 Å². The summed E-state index contributed by atoms with van der Waals surface area (Å²) in [6, 6.07) is 0. The Balaban J connectivity index is 1.18. The van der Waals surface area contributed by atoms with Crippen molar-refractivity contribution in [2.24, 2.45) is 0 Å². The first-order valence-electron chi connectivity index (χ1n) is 12.7. The molecule has 0 saturated carbocycles. The van der Waals surface area contributed by atoms with Crippen LogP contribution in [0.25, 0.3) is 22.3 Å². The molecule has 0 aliphatic carbocycles.